The second-order valence-electron chi connectivity index (χ2n) is 10.0. The maximum Gasteiger partial charge on any atom is 0.393 e. The quantitative estimate of drug-likeness (QED) is 0.749. The Morgan fingerprint density at radius 2 is 1.97 bits per heavy atom. The smallest absolute Gasteiger partial charge is 0.370 e. The van der Waals surface area contributed by atoms with Crippen LogP contribution in [0.1, 0.15) is 31.2 Å². The Bertz CT molecular complexity index is 1030. The number of hydrogen-bond donors (Lipinski definition) is 1. The molecular weight excluding hydrogens is 427 g/mol. The molecule has 8 heteroatoms. The molecule has 1 unspecified atom stereocenters. The van der Waals surface area contributed by atoms with Crippen molar-refractivity contribution in [1.29, 1.82) is 5.26 Å². The van der Waals surface area contributed by atoms with Gasteiger partial charge in [-0.15, -0.1) is 0 Å². The van der Waals surface area contributed by atoms with E-state index < -0.39 is 18.0 Å². The number of alkyl halides is 3. The molecular formula is C25H30F3N5. The molecule has 1 aromatic heterocycles. The molecule has 1 N–H and O–H groups in total. The lowest BCUT2D eigenvalue weighted by atomic mass is 9.72. The van der Waals surface area contributed by atoms with Crippen LogP contribution in [0.3, 0.4) is 0 Å². The Balaban J connectivity index is 1.39. The maximum absolute atomic E-state index is 14.1. The van der Waals surface area contributed by atoms with E-state index in [9.17, 15) is 18.4 Å². The predicted octanol–water partition coefficient (Wildman–Crippen LogP) is 4.19. The van der Waals surface area contributed by atoms with Gasteiger partial charge in [0.05, 0.1) is 17.0 Å². The van der Waals surface area contributed by atoms with Crippen LogP contribution in [0.25, 0.3) is 10.9 Å². The Labute approximate surface area is 192 Å². The summed E-state index contributed by atoms with van der Waals surface area (Å²) < 4.78 is 42.4. The number of anilines is 1. The fraction of sp³-hybridized carbons (Fsp3) is 0.600. The first-order valence-electron chi connectivity index (χ1n) is 11.9. The first-order chi connectivity index (χ1) is 15.9. The van der Waals surface area contributed by atoms with Crippen molar-refractivity contribution < 1.29 is 13.2 Å². The summed E-state index contributed by atoms with van der Waals surface area (Å²) in [7, 11) is 0. The van der Waals surface area contributed by atoms with E-state index in [0.29, 0.717) is 24.2 Å². The Morgan fingerprint density at radius 1 is 1.15 bits per heavy atom. The van der Waals surface area contributed by atoms with E-state index >= 15 is 0 Å². The van der Waals surface area contributed by atoms with Crippen molar-refractivity contribution in [3.8, 4) is 6.07 Å². The normalized spacial score (nSPS) is 26.1. The highest BCUT2D eigenvalue weighted by atomic mass is 19.4. The zero-order valence-corrected chi connectivity index (χ0v) is 18.7. The number of pyridine rings is 1. The van der Waals surface area contributed by atoms with Gasteiger partial charge >= 0.3 is 6.18 Å². The zero-order valence-electron chi connectivity index (χ0n) is 18.7. The molecule has 0 amide bonds. The molecule has 5 nitrogen and oxygen atoms in total. The summed E-state index contributed by atoms with van der Waals surface area (Å²) >= 11 is 0. The van der Waals surface area contributed by atoms with Crippen LogP contribution >= 0.6 is 0 Å². The Kier molecular flexibility index (Phi) is 5.96. The second-order valence-corrected chi connectivity index (χ2v) is 10.0. The number of nitriles is 1. The van der Waals surface area contributed by atoms with Crippen LogP contribution in [0.5, 0.6) is 0 Å². The number of rotatable bonds is 3. The molecule has 33 heavy (non-hydrogen) atoms. The molecule has 3 aliphatic rings. The van der Waals surface area contributed by atoms with E-state index in [1.807, 2.05) is 11.0 Å². The summed E-state index contributed by atoms with van der Waals surface area (Å²) in [5.41, 5.74) is 2.00. The molecule has 2 atom stereocenters. The summed E-state index contributed by atoms with van der Waals surface area (Å²) in [6, 6.07) is 9.21. The number of halogens is 3. The first-order valence-corrected chi connectivity index (χ1v) is 11.9. The average Bonchev–Trinajstić information content (AvgIpc) is 3.23. The maximum atomic E-state index is 14.1. The van der Waals surface area contributed by atoms with Crippen LogP contribution in [0.15, 0.2) is 30.5 Å². The zero-order chi connectivity index (χ0) is 23.1. The monoisotopic (exact) mass is 457 g/mol. The molecule has 0 aliphatic carbocycles. The van der Waals surface area contributed by atoms with Crippen LogP contribution < -0.4 is 10.2 Å². The standard InChI is InChI=1S/C25H30F3N5/c26-25(27,28)21-16-33(22-5-4-18(13-29)23-20(22)3-1-9-31-23)15-19(21)14-32-12-2-6-24(17-32)7-10-30-11-8-24/h1,3-5,9,19,21,30H,2,6-8,10-12,14-17H2/t19-,21?/m0/s1. The third-order valence-electron chi connectivity index (χ3n) is 7.97. The first kappa shape index (κ1) is 22.4. The summed E-state index contributed by atoms with van der Waals surface area (Å²) in [5, 5.41) is 13.6. The van der Waals surface area contributed by atoms with Crippen molar-refractivity contribution in [2.75, 3.05) is 50.7 Å². The van der Waals surface area contributed by atoms with Crippen LogP contribution in [0.4, 0.5) is 18.9 Å². The van der Waals surface area contributed by atoms with Gasteiger partial charge in [-0.3, -0.25) is 4.98 Å². The van der Waals surface area contributed by atoms with E-state index in [-0.39, 0.29) is 12.0 Å². The minimum atomic E-state index is -4.23. The number of piperidine rings is 2. The third kappa shape index (κ3) is 4.41. The molecule has 1 spiro atoms. The number of hydrogen-bond acceptors (Lipinski definition) is 5. The van der Waals surface area contributed by atoms with Crippen LogP contribution in [-0.4, -0.2) is 61.9 Å². The van der Waals surface area contributed by atoms with Crippen LogP contribution in [0.2, 0.25) is 0 Å². The number of nitrogens with one attached hydrogen (secondary N) is 1. The molecule has 176 valence electrons. The fourth-order valence-corrected chi connectivity index (χ4v) is 6.31. The summed E-state index contributed by atoms with van der Waals surface area (Å²) in [4.78, 5) is 8.49. The average molecular weight is 458 g/mol. The van der Waals surface area contributed by atoms with E-state index in [1.54, 1.807) is 24.4 Å². The minimum Gasteiger partial charge on any atom is -0.370 e. The van der Waals surface area contributed by atoms with Gasteiger partial charge in [0, 0.05) is 49.4 Å². The van der Waals surface area contributed by atoms with Gasteiger partial charge in [0.15, 0.2) is 0 Å². The molecule has 0 saturated carbocycles. The van der Waals surface area contributed by atoms with Gasteiger partial charge < -0.3 is 15.1 Å². The van der Waals surface area contributed by atoms with Crippen LogP contribution in [-0.2, 0) is 0 Å². The molecule has 0 bridgehead atoms. The van der Waals surface area contributed by atoms with Gasteiger partial charge in [-0.2, -0.15) is 18.4 Å². The Morgan fingerprint density at radius 3 is 2.73 bits per heavy atom. The molecule has 1 aromatic carbocycles. The number of likely N-dealkylation sites (tertiary alicyclic amines) is 1. The van der Waals surface area contributed by atoms with Crippen molar-refractivity contribution >= 4 is 16.6 Å². The van der Waals surface area contributed by atoms with E-state index in [4.69, 9.17) is 0 Å². The van der Waals surface area contributed by atoms with Crippen molar-refractivity contribution in [1.82, 2.24) is 15.2 Å². The summed E-state index contributed by atoms with van der Waals surface area (Å²) in [6.45, 7) is 4.63. The van der Waals surface area contributed by atoms with Gasteiger partial charge in [0.1, 0.15) is 6.07 Å². The minimum absolute atomic E-state index is 0.0486. The number of benzene rings is 1. The molecule has 3 aliphatic heterocycles. The van der Waals surface area contributed by atoms with Crippen molar-refractivity contribution in [2.45, 2.75) is 31.9 Å². The van der Waals surface area contributed by atoms with E-state index in [1.165, 1.54) is 6.42 Å². The fourth-order valence-electron chi connectivity index (χ4n) is 6.31. The van der Waals surface area contributed by atoms with Gasteiger partial charge in [0.25, 0.3) is 0 Å². The van der Waals surface area contributed by atoms with E-state index in [2.05, 4.69) is 21.3 Å². The molecule has 3 fully saturated rings. The number of fused-ring (bicyclic) bond motifs is 1. The van der Waals surface area contributed by atoms with Gasteiger partial charge in [-0.05, 0) is 75.0 Å². The molecule has 0 radical (unpaired) electrons. The van der Waals surface area contributed by atoms with Crippen molar-refractivity contribution in [3.63, 3.8) is 0 Å². The highest BCUT2D eigenvalue weighted by molar-refractivity contribution is 5.95. The molecule has 2 aromatic rings. The number of aromatic nitrogens is 1. The highest BCUT2D eigenvalue weighted by Crippen LogP contribution is 2.43. The summed E-state index contributed by atoms with van der Waals surface area (Å²) in [6.07, 6.45) is 1.88. The largest absolute Gasteiger partial charge is 0.393 e. The van der Waals surface area contributed by atoms with Crippen molar-refractivity contribution in [2.24, 2.45) is 17.3 Å². The second kappa shape index (κ2) is 8.77. The lowest BCUT2D eigenvalue weighted by molar-refractivity contribution is -0.180. The van der Waals surface area contributed by atoms with Gasteiger partial charge in [-0.25, -0.2) is 0 Å². The number of nitrogens with zero attached hydrogens (tertiary/aromatic N) is 4. The third-order valence-corrected chi connectivity index (χ3v) is 7.97. The van der Waals surface area contributed by atoms with Crippen molar-refractivity contribution in [3.05, 3.63) is 36.0 Å². The SMILES string of the molecule is N#Cc1ccc(N2CC(C(F)(F)F)[C@@H](CN3CCCC4(CCNCC4)C3)C2)c2cccnc12. The van der Waals surface area contributed by atoms with Crippen LogP contribution in [0, 0.1) is 28.6 Å². The highest BCUT2D eigenvalue weighted by Gasteiger charge is 2.50. The van der Waals surface area contributed by atoms with Gasteiger partial charge in [-0.1, -0.05) is 0 Å². The summed E-state index contributed by atoms with van der Waals surface area (Å²) in [5.74, 6) is -1.82. The molecule has 3 saturated heterocycles. The molecule has 4 heterocycles. The van der Waals surface area contributed by atoms with Gasteiger partial charge in [0.2, 0.25) is 0 Å². The lowest BCUT2D eigenvalue weighted by Gasteiger charge is -2.46. The Hall–Kier alpha value is -2.37. The predicted molar refractivity (Wildman–Crippen MR) is 122 cm³/mol. The van der Waals surface area contributed by atoms with E-state index in [0.717, 1.165) is 56.5 Å². The topological polar surface area (TPSA) is 55.2 Å². The lowest BCUT2D eigenvalue weighted by Crippen LogP contribution is -2.50. The molecule has 5 rings (SSSR count).